The van der Waals surface area contributed by atoms with Crippen LogP contribution < -0.4 is 15.8 Å². The second-order valence-electron chi connectivity index (χ2n) is 7.13. The van der Waals surface area contributed by atoms with Crippen LogP contribution in [-0.2, 0) is 13.1 Å². The first-order valence-electron chi connectivity index (χ1n) is 10.1. The Balaban J connectivity index is 1.81. The van der Waals surface area contributed by atoms with Crippen LogP contribution in [0.2, 0.25) is 5.02 Å². The molecule has 0 bridgehead atoms. The zero-order valence-corrected chi connectivity index (χ0v) is 18.7. The molecule has 0 unspecified atom stereocenters. The summed E-state index contributed by atoms with van der Waals surface area (Å²) in [6, 6.07) is 12.4. The smallest absolute Gasteiger partial charge is 0.262 e. The van der Waals surface area contributed by atoms with E-state index < -0.39 is 0 Å². The Bertz CT molecular complexity index is 1170. The summed E-state index contributed by atoms with van der Waals surface area (Å²) in [5, 5.41) is 3.98. The minimum absolute atomic E-state index is 0.136. The van der Waals surface area contributed by atoms with E-state index in [2.05, 4.69) is 24.1 Å². The van der Waals surface area contributed by atoms with E-state index >= 15 is 0 Å². The number of likely N-dealkylation sites (N-methyl/N-ethyl adjacent to an activating group) is 1. The lowest BCUT2D eigenvalue weighted by molar-refractivity contribution is -0.897. The molecule has 2 aromatic carbocycles. The third-order valence-corrected chi connectivity index (χ3v) is 6.02. The lowest BCUT2D eigenvalue weighted by atomic mass is 10.1. The highest BCUT2D eigenvalue weighted by Gasteiger charge is 2.12. The first kappa shape index (κ1) is 22.2. The average Bonchev–Trinajstić information content (AvgIpc) is 2.75. The fourth-order valence-electron chi connectivity index (χ4n) is 3.39. The zero-order chi connectivity index (χ0) is 21.7. The second kappa shape index (κ2) is 10.0. The number of carbonyl (C=O) groups excluding carboxylic acids is 1. The van der Waals surface area contributed by atoms with Crippen molar-refractivity contribution in [1.29, 1.82) is 0 Å². The number of quaternary nitrogens is 1. The van der Waals surface area contributed by atoms with Crippen LogP contribution in [0.25, 0.3) is 10.9 Å². The molecule has 3 N–H and O–H groups in total. The molecule has 30 heavy (non-hydrogen) atoms. The molecule has 0 spiro atoms. The van der Waals surface area contributed by atoms with E-state index in [4.69, 9.17) is 23.8 Å². The molecule has 0 aliphatic heterocycles. The molecule has 0 saturated carbocycles. The van der Waals surface area contributed by atoms with Crippen molar-refractivity contribution in [3.63, 3.8) is 0 Å². The molecule has 0 atom stereocenters. The van der Waals surface area contributed by atoms with Gasteiger partial charge in [-0.15, -0.1) is 0 Å². The first-order valence-corrected chi connectivity index (χ1v) is 10.8. The highest BCUT2D eigenvalue weighted by molar-refractivity contribution is 7.71. The van der Waals surface area contributed by atoms with Gasteiger partial charge in [0.25, 0.3) is 11.5 Å². The van der Waals surface area contributed by atoms with Gasteiger partial charge in [-0.3, -0.25) is 14.2 Å². The highest BCUT2D eigenvalue weighted by Crippen LogP contribution is 2.15. The normalized spacial score (nSPS) is 11.2. The molecule has 0 saturated heterocycles. The number of hydrogen-bond donors (Lipinski definition) is 3. The van der Waals surface area contributed by atoms with Crippen molar-refractivity contribution >= 4 is 40.6 Å². The van der Waals surface area contributed by atoms with E-state index in [0.717, 1.165) is 25.2 Å². The second-order valence-corrected chi connectivity index (χ2v) is 7.92. The van der Waals surface area contributed by atoms with Gasteiger partial charge in [-0.25, -0.2) is 0 Å². The molecule has 0 fully saturated rings. The van der Waals surface area contributed by atoms with E-state index in [0.29, 0.717) is 39.3 Å². The number of aromatic amines is 1. The summed E-state index contributed by atoms with van der Waals surface area (Å²) < 4.78 is 1.97. The summed E-state index contributed by atoms with van der Waals surface area (Å²) >= 11 is 11.6. The van der Waals surface area contributed by atoms with Crippen molar-refractivity contribution in [1.82, 2.24) is 14.9 Å². The Morgan fingerprint density at radius 2 is 1.93 bits per heavy atom. The number of hydrogen-bond acceptors (Lipinski definition) is 3. The van der Waals surface area contributed by atoms with Crippen molar-refractivity contribution in [2.75, 3.05) is 19.6 Å². The van der Waals surface area contributed by atoms with Crippen LogP contribution in [-0.4, -0.2) is 35.1 Å². The molecule has 0 aliphatic carbocycles. The monoisotopic (exact) mass is 445 g/mol. The Morgan fingerprint density at radius 3 is 2.63 bits per heavy atom. The van der Waals surface area contributed by atoms with Crippen LogP contribution >= 0.6 is 23.8 Å². The van der Waals surface area contributed by atoms with Gasteiger partial charge in [0, 0.05) is 17.1 Å². The quantitative estimate of drug-likeness (QED) is 0.467. The SMILES string of the molecule is CC[NH+](CC)CCn1c(=S)[nH]c2cc(C(=O)NCc3ccccc3Cl)ccc2c1=O. The Kier molecular flexibility index (Phi) is 7.42. The van der Waals surface area contributed by atoms with Crippen molar-refractivity contribution in [3.05, 3.63) is 73.7 Å². The fourth-order valence-corrected chi connectivity index (χ4v) is 3.88. The number of aromatic nitrogens is 2. The Morgan fingerprint density at radius 1 is 1.20 bits per heavy atom. The number of fused-ring (bicyclic) bond motifs is 1. The molecule has 0 aliphatic rings. The predicted molar refractivity (Wildman–Crippen MR) is 123 cm³/mol. The lowest BCUT2D eigenvalue weighted by Gasteiger charge is -2.16. The van der Waals surface area contributed by atoms with Crippen LogP contribution in [0.15, 0.2) is 47.3 Å². The highest BCUT2D eigenvalue weighted by atomic mass is 35.5. The number of nitrogens with zero attached hydrogens (tertiary/aromatic N) is 1. The van der Waals surface area contributed by atoms with Gasteiger partial charge in [0.2, 0.25) is 0 Å². The van der Waals surface area contributed by atoms with E-state index in [1.165, 1.54) is 4.90 Å². The van der Waals surface area contributed by atoms with Crippen LogP contribution in [0, 0.1) is 4.77 Å². The summed E-state index contributed by atoms with van der Waals surface area (Å²) in [5.74, 6) is -0.245. The molecule has 3 aromatic rings. The predicted octanol–water partition coefficient (Wildman–Crippen LogP) is 2.57. The van der Waals surface area contributed by atoms with Gasteiger partial charge in [0.05, 0.1) is 37.1 Å². The number of halogens is 1. The van der Waals surface area contributed by atoms with Crippen LogP contribution in [0.5, 0.6) is 0 Å². The topological polar surface area (TPSA) is 71.3 Å². The molecule has 1 amide bonds. The van der Waals surface area contributed by atoms with E-state index in [-0.39, 0.29) is 11.5 Å². The number of rotatable bonds is 8. The van der Waals surface area contributed by atoms with Crippen molar-refractivity contribution in [2.45, 2.75) is 26.9 Å². The molecule has 3 rings (SSSR count). The van der Waals surface area contributed by atoms with E-state index in [9.17, 15) is 9.59 Å². The van der Waals surface area contributed by atoms with Crippen LogP contribution in [0.4, 0.5) is 0 Å². The average molecular weight is 446 g/mol. The zero-order valence-electron chi connectivity index (χ0n) is 17.1. The molecule has 6 nitrogen and oxygen atoms in total. The number of nitrogens with one attached hydrogen (secondary N) is 3. The largest absolute Gasteiger partial charge is 0.348 e. The van der Waals surface area contributed by atoms with Gasteiger partial charge in [-0.05, 0) is 55.9 Å². The lowest BCUT2D eigenvalue weighted by Crippen LogP contribution is -3.11. The van der Waals surface area contributed by atoms with Gasteiger partial charge in [-0.1, -0.05) is 29.8 Å². The molecule has 1 aromatic heterocycles. The third kappa shape index (κ3) is 4.98. The van der Waals surface area contributed by atoms with Gasteiger partial charge in [0.15, 0.2) is 4.77 Å². The maximum absolute atomic E-state index is 12.9. The fraction of sp³-hybridized carbons (Fsp3) is 0.318. The number of H-pyrrole nitrogens is 1. The Hall–Kier alpha value is -2.48. The van der Waals surface area contributed by atoms with Crippen molar-refractivity contribution in [2.24, 2.45) is 0 Å². The standard InChI is InChI=1S/C22H25ClN4O2S/c1-3-26(4-2)11-12-27-21(29)17-10-9-15(13-19(17)25-22(27)30)20(28)24-14-16-7-5-6-8-18(16)23/h5-10,13H,3-4,11-12,14H2,1-2H3,(H,24,28)(H,25,30)/p+1. The molecule has 0 radical (unpaired) electrons. The summed E-state index contributed by atoms with van der Waals surface area (Å²) in [7, 11) is 0. The van der Waals surface area contributed by atoms with Gasteiger partial charge < -0.3 is 15.2 Å². The van der Waals surface area contributed by atoms with Crippen molar-refractivity contribution in [3.8, 4) is 0 Å². The van der Waals surface area contributed by atoms with E-state index in [1.54, 1.807) is 28.8 Å². The molecule has 158 valence electrons. The molecule has 1 heterocycles. The van der Waals surface area contributed by atoms with Gasteiger partial charge in [0.1, 0.15) is 0 Å². The maximum atomic E-state index is 12.9. The van der Waals surface area contributed by atoms with Crippen molar-refractivity contribution < 1.29 is 9.69 Å². The molecular weight excluding hydrogens is 420 g/mol. The Labute approximate surface area is 185 Å². The molecule has 8 heteroatoms. The van der Waals surface area contributed by atoms with Gasteiger partial charge in [-0.2, -0.15) is 0 Å². The van der Waals surface area contributed by atoms with Gasteiger partial charge >= 0.3 is 0 Å². The number of amides is 1. The van der Waals surface area contributed by atoms with Crippen LogP contribution in [0.1, 0.15) is 29.8 Å². The van der Waals surface area contributed by atoms with Crippen LogP contribution in [0.3, 0.4) is 0 Å². The third-order valence-electron chi connectivity index (χ3n) is 5.33. The maximum Gasteiger partial charge on any atom is 0.262 e. The first-order chi connectivity index (χ1) is 14.4. The minimum atomic E-state index is -0.245. The molecular formula is C22H26ClN4O2S+. The summed E-state index contributed by atoms with van der Waals surface area (Å²) in [6.07, 6.45) is 0. The van der Waals surface area contributed by atoms with E-state index in [1.807, 2.05) is 18.2 Å². The summed E-state index contributed by atoms with van der Waals surface area (Å²) in [4.78, 5) is 30.0. The number of carbonyl (C=O) groups is 1. The summed E-state index contributed by atoms with van der Waals surface area (Å²) in [5.41, 5.74) is 1.71. The minimum Gasteiger partial charge on any atom is -0.348 e. The summed E-state index contributed by atoms with van der Waals surface area (Å²) in [6.45, 7) is 7.97. The number of benzene rings is 2.